The third kappa shape index (κ3) is 2.87. The van der Waals surface area contributed by atoms with E-state index in [9.17, 15) is 21.6 Å². The van der Waals surface area contributed by atoms with Gasteiger partial charge in [0.15, 0.2) is 0 Å². The number of nitrogens with two attached hydrogens (primary N) is 1. The molecule has 16 heavy (non-hydrogen) atoms. The van der Waals surface area contributed by atoms with Gasteiger partial charge >= 0.3 is 5.51 Å². The number of sulfone groups is 1. The summed E-state index contributed by atoms with van der Waals surface area (Å²) < 4.78 is 58.3. The normalized spacial score (nSPS) is 12.0. The molecule has 0 aliphatic carbocycles. The van der Waals surface area contributed by atoms with Gasteiger partial charge in [0.1, 0.15) is 0 Å². The summed E-state index contributed by atoms with van der Waals surface area (Å²) in [5.74, 6) is 0. The molecule has 0 saturated carbocycles. The Kier molecular flexibility index (Phi) is 4.78. The molecule has 8 heteroatoms. The Morgan fingerprint density at radius 1 is 1.25 bits per heavy atom. The van der Waals surface area contributed by atoms with E-state index in [4.69, 9.17) is 5.73 Å². The van der Waals surface area contributed by atoms with E-state index in [1.165, 1.54) is 12.1 Å². The molecule has 0 bridgehead atoms. The van der Waals surface area contributed by atoms with Crippen molar-refractivity contribution in [3.8, 4) is 0 Å². The van der Waals surface area contributed by atoms with Gasteiger partial charge in [-0.1, -0.05) is 12.1 Å². The summed E-state index contributed by atoms with van der Waals surface area (Å²) >= 11 is 0. The molecule has 0 unspecified atom stereocenters. The first-order chi connectivity index (χ1) is 6.79. The maximum absolute atomic E-state index is 12.1. The van der Waals surface area contributed by atoms with Crippen molar-refractivity contribution < 1.29 is 21.6 Å². The van der Waals surface area contributed by atoms with Crippen LogP contribution >= 0.6 is 12.4 Å². The van der Waals surface area contributed by atoms with E-state index >= 15 is 0 Å². The maximum Gasteiger partial charge on any atom is 0.501 e. The zero-order valence-electron chi connectivity index (χ0n) is 7.86. The van der Waals surface area contributed by atoms with Gasteiger partial charge < -0.3 is 5.73 Å². The first kappa shape index (κ1) is 15.2. The summed E-state index contributed by atoms with van der Waals surface area (Å²) in [6.45, 7) is -0.0127. The van der Waals surface area contributed by atoms with Crippen molar-refractivity contribution in [3.63, 3.8) is 0 Å². The molecule has 2 N–H and O–H groups in total. The molecule has 92 valence electrons. The van der Waals surface area contributed by atoms with Gasteiger partial charge in [0.05, 0.1) is 4.90 Å². The second-order valence-electron chi connectivity index (χ2n) is 2.80. The van der Waals surface area contributed by atoms with Crippen LogP contribution in [0.3, 0.4) is 0 Å². The lowest BCUT2D eigenvalue weighted by Gasteiger charge is -2.08. The predicted octanol–water partition coefficient (Wildman–Crippen LogP) is 1.86. The molecule has 0 aromatic heterocycles. The van der Waals surface area contributed by atoms with Crippen LogP contribution in [0.25, 0.3) is 0 Å². The molecule has 0 aliphatic rings. The predicted molar refractivity (Wildman–Crippen MR) is 54.8 cm³/mol. The van der Waals surface area contributed by atoms with Gasteiger partial charge in [0, 0.05) is 6.54 Å². The van der Waals surface area contributed by atoms with E-state index in [-0.39, 0.29) is 19.0 Å². The van der Waals surface area contributed by atoms with Gasteiger partial charge in [-0.25, -0.2) is 8.42 Å². The summed E-state index contributed by atoms with van der Waals surface area (Å²) in [6.07, 6.45) is 0. The fourth-order valence-electron chi connectivity index (χ4n) is 0.973. The standard InChI is InChI=1S/C8H8F3NO2S.ClH/c9-8(10,11)15(13,14)7-3-1-2-6(4-7)5-12;/h1-4H,5,12H2;1H. The Morgan fingerprint density at radius 3 is 2.25 bits per heavy atom. The van der Waals surface area contributed by atoms with E-state index in [0.29, 0.717) is 5.56 Å². The van der Waals surface area contributed by atoms with E-state index in [0.717, 1.165) is 12.1 Å². The fraction of sp³-hybridized carbons (Fsp3) is 0.250. The van der Waals surface area contributed by atoms with Crippen LogP contribution in [0.5, 0.6) is 0 Å². The number of rotatable bonds is 2. The first-order valence-electron chi connectivity index (χ1n) is 3.89. The smallest absolute Gasteiger partial charge is 0.326 e. The van der Waals surface area contributed by atoms with Crippen LogP contribution in [-0.4, -0.2) is 13.9 Å². The molecule has 0 saturated heterocycles. The fourth-order valence-corrected chi connectivity index (χ4v) is 1.80. The summed E-state index contributed by atoms with van der Waals surface area (Å²) in [7, 11) is -5.26. The molecule has 1 aromatic rings. The molecule has 0 radical (unpaired) electrons. The van der Waals surface area contributed by atoms with Crippen molar-refractivity contribution in [1.29, 1.82) is 0 Å². The molecule has 0 aliphatic heterocycles. The lowest BCUT2D eigenvalue weighted by Crippen LogP contribution is -2.23. The van der Waals surface area contributed by atoms with Gasteiger partial charge in [-0.05, 0) is 17.7 Å². The highest BCUT2D eigenvalue weighted by Gasteiger charge is 2.46. The third-order valence-corrected chi connectivity index (χ3v) is 3.23. The average Bonchev–Trinajstić information content (AvgIpc) is 2.16. The van der Waals surface area contributed by atoms with Gasteiger partial charge in [0.2, 0.25) is 0 Å². The minimum absolute atomic E-state index is 0. The average molecular weight is 276 g/mol. The summed E-state index contributed by atoms with van der Waals surface area (Å²) in [5, 5.41) is 0. The molecule has 1 rings (SSSR count). The van der Waals surface area contributed by atoms with Crippen molar-refractivity contribution in [1.82, 2.24) is 0 Å². The van der Waals surface area contributed by atoms with Crippen LogP contribution in [0.4, 0.5) is 13.2 Å². The van der Waals surface area contributed by atoms with Gasteiger partial charge in [0.25, 0.3) is 9.84 Å². The Labute approximate surface area is 96.8 Å². The van der Waals surface area contributed by atoms with Gasteiger partial charge in [-0.2, -0.15) is 13.2 Å². The highest BCUT2D eigenvalue weighted by atomic mass is 35.5. The zero-order valence-corrected chi connectivity index (χ0v) is 9.49. The Balaban J connectivity index is 0.00000225. The molecule has 0 spiro atoms. The lowest BCUT2D eigenvalue weighted by molar-refractivity contribution is -0.0436. The molecule has 3 nitrogen and oxygen atoms in total. The molecule has 0 atom stereocenters. The maximum atomic E-state index is 12.1. The van der Waals surface area contributed by atoms with Crippen molar-refractivity contribution in [2.45, 2.75) is 16.9 Å². The minimum atomic E-state index is -5.28. The summed E-state index contributed by atoms with van der Waals surface area (Å²) in [5.41, 5.74) is 0.251. The quantitative estimate of drug-likeness (QED) is 0.896. The van der Waals surface area contributed by atoms with Crippen LogP contribution in [0.1, 0.15) is 5.56 Å². The summed E-state index contributed by atoms with van der Waals surface area (Å²) in [4.78, 5) is -0.780. The molecule has 1 aromatic carbocycles. The topological polar surface area (TPSA) is 60.2 Å². The highest BCUT2D eigenvalue weighted by molar-refractivity contribution is 7.92. The molecular weight excluding hydrogens is 267 g/mol. The van der Waals surface area contributed by atoms with Crippen LogP contribution in [0.2, 0.25) is 0 Å². The van der Waals surface area contributed by atoms with E-state index in [1.807, 2.05) is 0 Å². The van der Waals surface area contributed by atoms with Gasteiger partial charge in [-0.3, -0.25) is 0 Å². The van der Waals surface area contributed by atoms with Crippen LogP contribution in [-0.2, 0) is 16.4 Å². The number of halogens is 4. The number of hydrogen-bond acceptors (Lipinski definition) is 3. The van der Waals surface area contributed by atoms with Crippen molar-refractivity contribution >= 4 is 22.2 Å². The number of benzene rings is 1. The van der Waals surface area contributed by atoms with E-state index in [2.05, 4.69) is 0 Å². The molecule has 0 fully saturated rings. The van der Waals surface area contributed by atoms with Gasteiger partial charge in [-0.15, -0.1) is 12.4 Å². The Morgan fingerprint density at radius 2 is 1.81 bits per heavy atom. The van der Waals surface area contributed by atoms with Crippen LogP contribution < -0.4 is 5.73 Å². The molecular formula is C8H9ClF3NO2S. The largest absolute Gasteiger partial charge is 0.501 e. The third-order valence-electron chi connectivity index (χ3n) is 1.75. The minimum Gasteiger partial charge on any atom is -0.326 e. The highest BCUT2D eigenvalue weighted by Crippen LogP contribution is 2.30. The van der Waals surface area contributed by atoms with Crippen LogP contribution in [0.15, 0.2) is 29.2 Å². The Hall–Kier alpha value is -0.790. The molecule has 0 amide bonds. The second-order valence-corrected chi connectivity index (χ2v) is 4.74. The van der Waals surface area contributed by atoms with Crippen LogP contribution in [0, 0.1) is 0 Å². The SMILES string of the molecule is Cl.NCc1cccc(S(=O)(=O)C(F)(F)F)c1. The lowest BCUT2D eigenvalue weighted by atomic mass is 10.2. The van der Waals surface area contributed by atoms with E-state index in [1.54, 1.807) is 0 Å². The van der Waals surface area contributed by atoms with Crippen molar-refractivity contribution in [2.24, 2.45) is 5.73 Å². The van der Waals surface area contributed by atoms with Crippen molar-refractivity contribution in [3.05, 3.63) is 29.8 Å². The first-order valence-corrected chi connectivity index (χ1v) is 5.37. The monoisotopic (exact) mass is 275 g/mol. The van der Waals surface area contributed by atoms with E-state index < -0.39 is 20.2 Å². The zero-order chi connectivity index (χ0) is 11.7. The number of alkyl halides is 3. The van der Waals surface area contributed by atoms with Crippen molar-refractivity contribution in [2.75, 3.05) is 0 Å². The Bertz CT molecular complexity index is 459. The second kappa shape index (κ2) is 5.03. The number of hydrogen-bond donors (Lipinski definition) is 1. The molecule has 0 heterocycles. The summed E-state index contributed by atoms with van der Waals surface area (Å²) in [6, 6.07) is 4.49.